The summed E-state index contributed by atoms with van der Waals surface area (Å²) in [6, 6.07) is 2.98. The second-order valence-corrected chi connectivity index (χ2v) is 5.62. The van der Waals surface area contributed by atoms with Gasteiger partial charge in [0.25, 0.3) is 0 Å². The third-order valence-electron chi connectivity index (χ3n) is 3.53. The van der Waals surface area contributed by atoms with E-state index in [4.69, 9.17) is 0 Å². The summed E-state index contributed by atoms with van der Waals surface area (Å²) < 4.78 is 26.1. The van der Waals surface area contributed by atoms with Gasteiger partial charge in [-0.25, -0.2) is 8.78 Å². The summed E-state index contributed by atoms with van der Waals surface area (Å²) in [5.74, 6) is -1.13. The predicted octanol–water partition coefficient (Wildman–Crippen LogP) is 1.83. The first kappa shape index (κ1) is 15.9. The lowest BCUT2D eigenvalue weighted by Crippen LogP contribution is -2.39. The largest absolute Gasteiger partial charge is 0.325 e. The van der Waals surface area contributed by atoms with Crippen LogP contribution in [0.5, 0.6) is 0 Å². The molecule has 1 aliphatic heterocycles. The van der Waals surface area contributed by atoms with Crippen molar-refractivity contribution in [1.82, 2.24) is 10.2 Å². The van der Waals surface area contributed by atoms with Gasteiger partial charge in [0, 0.05) is 18.3 Å². The number of benzene rings is 1. The number of carbonyl (C=O) groups excluding carboxylic acids is 1. The second kappa shape index (κ2) is 7.47. The van der Waals surface area contributed by atoms with E-state index in [1.54, 1.807) is 0 Å². The van der Waals surface area contributed by atoms with Crippen molar-refractivity contribution < 1.29 is 13.6 Å². The van der Waals surface area contributed by atoms with Crippen LogP contribution in [0.1, 0.15) is 12.8 Å². The highest BCUT2D eigenvalue weighted by Gasteiger charge is 2.16. The predicted molar refractivity (Wildman–Crippen MR) is 78.1 cm³/mol. The first-order chi connectivity index (χ1) is 10.0. The molecule has 0 aliphatic carbocycles. The number of carbonyl (C=O) groups is 1. The van der Waals surface area contributed by atoms with Crippen LogP contribution >= 0.6 is 0 Å². The maximum atomic E-state index is 13.0. The van der Waals surface area contributed by atoms with Crippen LogP contribution in [0.15, 0.2) is 18.2 Å². The lowest BCUT2D eigenvalue weighted by Gasteiger charge is -2.27. The number of hydrogen-bond donors (Lipinski definition) is 2. The van der Waals surface area contributed by atoms with E-state index >= 15 is 0 Å². The lowest BCUT2D eigenvalue weighted by molar-refractivity contribution is -0.117. The van der Waals surface area contributed by atoms with Gasteiger partial charge in [-0.15, -0.1) is 0 Å². The fourth-order valence-corrected chi connectivity index (χ4v) is 2.66. The Bertz CT molecular complexity index is 470. The molecule has 0 saturated carbocycles. The van der Waals surface area contributed by atoms with Crippen molar-refractivity contribution in [3.05, 3.63) is 29.8 Å². The highest BCUT2D eigenvalue weighted by Crippen LogP contribution is 2.13. The van der Waals surface area contributed by atoms with Gasteiger partial charge in [0.1, 0.15) is 11.6 Å². The molecular formula is C15H21F2N3O. The Balaban J connectivity index is 1.80. The van der Waals surface area contributed by atoms with Gasteiger partial charge in [-0.2, -0.15) is 0 Å². The van der Waals surface area contributed by atoms with E-state index in [2.05, 4.69) is 10.6 Å². The van der Waals surface area contributed by atoms with Crippen LogP contribution in [0, 0.1) is 17.6 Å². The molecule has 1 aromatic rings. The Labute approximate surface area is 123 Å². The van der Waals surface area contributed by atoms with Gasteiger partial charge in [-0.3, -0.25) is 9.69 Å². The maximum absolute atomic E-state index is 13.0. The third-order valence-corrected chi connectivity index (χ3v) is 3.53. The minimum Gasteiger partial charge on any atom is -0.325 e. The molecule has 21 heavy (non-hydrogen) atoms. The number of nitrogens with one attached hydrogen (secondary N) is 2. The third kappa shape index (κ3) is 5.40. The summed E-state index contributed by atoms with van der Waals surface area (Å²) in [6.07, 6.45) is 2.32. The smallest absolute Gasteiger partial charge is 0.238 e. The molecule has 2 rings (SSSR count). The second-order valence-electron chi connectivity index (χ2n) is 5.62. The fourth-order valence-electron chi connectivity index (χ4n) is 2.66. The molecule has 1 atom stereocenters. The maximum Gasteiger partial charge on any atom is 0.238 e. The molecule has 1 amide bonds. The quantitative estimate of drug-likeness (QED) is 0.871. The molecule has 0 spiro atoms. The zero-order chi connectivity index (χ0) is 15.2. The van der Waals surface area contributed by atoms with Crippen LogP contribution in [0.3, 0.4) is 0 Å². The molecule has 116 valence electrons. The first-order valence-corrected chi connectivity index (χ1v) is 7.18. The molecule has 1 fully saturated rings. The number of rotatable bonds is 5. The highest BCUT2D eigenvalue weighted by atomic mass is 19.1. The summed E-state index contributed by atoms with van der Waals surface area (Å²) in [5, 5.41) is 5.85. The summed E-state index contributed by atoms with van der Waals surface area (Å²) in [5.41, 5.74) is 0.144. The molecule has 1 aliphatic rings. The Kier molecular flexibility index (Phi) is 5.64. The van der Waals surface area contributed by atoms with Crippen molar-refractivity contribution in [2.75, 3.05) is 38.5 Å². The minimum absolute atomic E-state index is 0.144. The van der Waals surface area contributed by atoms with Crippen LogP contribution in [0.25, 0.3) is 0 Å². The van der Waals surface area contributed by atoms with Crippen molar-refractivity contribution in [2.45, 2.75) is 12.8 Å². The van der Waals surface area contributed by atoms with E-state index in [1.807, 2.05) is 11.9 Å². The summed E-state index contributed by atoms with van der Waals surface area (Å²) >= 11 is 0. The number of halogens is 2. The molecule has 2 N–H and O–H groups in total. The Morgan fingerprint density at radius 2 is 2.10 bits per heavy atom. The lowest BCUT2D eigenvalue weighted by atomic mass is 9.99. The van der Waals surface area contributed by atoms with Gasteiger partial charge in [-0.05, 0) is 51.0 Å². The van der Waals surface area contributed by atoms with Crippen molar-refractivity contribution in [1.29, 1.82) is 0 Å². The van der Waals surface area contributed by atoms with E-state index in [0.717, 1.165) is 50.7 Å². The van der Waals surface area contributed by atoms with Crippen molar-refractivity contribution >= 4 is 11.6 Å². The van der Waals surface area contributed by atoms with Gasteiger partial charge in [-0.1, -0.05) is 0 Å². The van der Waals surface area contributed by atoms with Gasteiger partial charge < -0.3 is 10.6 Å². The number of anilines is 1. The van der Waals surface area contributed by atoms with Gasteiger partial charge in [0.2, 0.25) is 5.91 Å². The summed E-state index contributed by atoms with van der Waals surface area (Å²) in [6.45, 7) is 3.07. The van der Waals surface area contributed by atoms with Gasteiger partial charge in [0.15, 0.2) is 0 Å². The fraction of sp³-hybridized carbons (Fsp3) is 0.533. The van der Waals surface area contributed by atoms with Crippen molar-refractivity contribution in [2.24, 2.45) is 5.92 Å². The molecule has 1 saturated heterocycles. The van der Waals surface area contributed by atoms with Crippen molar-refractivity contribution in [3.8, 4) is 0 Å². The highest BCUT2D eigenvalue weighted by molar-refractivity contribution is 5.92. The molecule has 1 heterocycles. The zero-order valence-electron chi connectivity index (χ0n) is 12.2. The number of nitrogens with zero attached hydrogens (tertiary/aromatic N) is 1. The summed E-state index contributed by atoms with van der Waals surface area (Å²) in [4.78, 5) is 13.8. The normalized spacial score (nSPS) is 18.8. The molecule has 1 aromatic carbocycles. The SMILES string of the molecule is CN(CC(=O)Nc1cc(F)cc(F)c1)CC1CCCNC1. The first-order valence-electron chi connectivity index (χ1n) is 7.18. The Morgan fingerprint density at radius 3 is 2.71 bits per heavy atom. The number of likely N-dealkylation sites (N-methyl/N-ethyl adjacent to an activating group) is 1. The van der Waals surface area contributed by atoms with Crippen LogP contribution in [0.2, 0.25) is 0 Å². The molecule has 0 bridgehead atoms. The molecule has 6 heteroatoms. The molecule has 0 aromatic heterocycles. The van der Waals surface area contributed by atoms with Gasteiger partial charge >= 0.3 is 0 Å². The number of hydrogen-bond acceptors (Lipinski definition) is 3. The van der Waals surface area contributed by atoms with Crippen LogP contribution < -0.4 is 10.6 Å². The Hall–Kier alpha value is -1.53. The van der Waals surface area contributed by atoms with E-state index in [9.17, 15) is 13.6 Å². The van der Waals surface area contributed by atoms with E-state index in [-0.39, 0.29) is 18.1 Å². The van der Waals surface area contributed by atoms with Gasteiger partial charge in [0.05, 0.1) is 6.54 Å². The van der Waals surface area contributed by atoms with Crippen LogP contribution in [-0.4, -0.2) is 44.0 Å². The standard InChI is InChI=1S/C15H21F2N3O/c1-20(9-11-3-2-4-18-8-11)10-15(21)19-14-6-12(16)5-13(17)7-14/h5-7,11,18H,2-4,8-10H2,1H3,(H,19,21). The number of piperidine rings is 1. The topological polar surface area (TPSA) is 44.4 Å². The van der Waals surface area contributed by atoms with E-state index in [0.29, 0.717) is 5.92 Å². The minimum atomic E-state index is -0.702. The zero-order valence-corrected chi connectivity index (χ0v) is 12.2. The monoisotopic (exact) mass is 297 g/mol. The average Bonchev–Trinajstić information content (AvgIpc) is 2.37. The molecule has 0 radical (unpaired) electrons. The molecular weight excluding hydrogens is 276 g/mol. The van der Waals surface area contributed by atoms with Crippen LogP contribution in [0.4, 0.5) is 14.5 Å². The van der Waals surface area contributed by atoms with Crippen molar-refractivity contribution in [3.63, 3.8) is 0 Å². The molecule has 1 unspecified atom stereocenters. The summed E-state index contributed by atoms with van der Waals surface area (Å²) in [7, 11) is 1.88. The molecule has 4 nitrogen and oxygen atoms in total. The van der Waals surface area contributed by atoms with E-state index in [1.165, 1.54) is 0 Å². The number of amides is 1. The van der Waals surface area contributed by atoms with Crippen LogP contribution in [-0.2, 0) is 4.79 Å². The van der Waals surface area contributed by atoms with E-state index < -0.39 is 11.6 Å². The average molecular weight is 297 g/mol. The Morgan fingerprint density at radius 1 is 1.38 bits per heavy atom.